The van der Waals surface area contributed by atoms with Gasteiger partial charge in [0.25, 0.3) is 5.69 Å². The van der Waals surface area contributed by atoms with Crippen molar-refractivity contribution in [2.24, 2.45) is 0 Å². The van der Waals surface area contributed by atoms with E-state index in [-0.39, 0.29) is 29.0 Å². The van der Waals surface area contributed by atoms with Gasteiger partial charge in [0.2, 0.25) is 10.0 Å². The zero-order valence-electron chi connectivity index (χ0n) is 12.7. The Labute approximate surface area is 136 Å². The molecule has 1 aromatic rings. The predicted octanol–water partition coefficient (Wildman–Crippen LogP) is 1.62. The SMILES string of the molecule is Cc1ccc(C)c(S(=O)(=O)N(C)C2CCNC2)c1[N+](=O)[O-].Cl. The number of hydrogen-bond donors (Lipinski definition) is 1. The Hall–Kier alpha value is -1.22. The number of nitro groups is 1. The summed E-state index contributed by atoms with van der Waals surface area (Å²) >= 11 is 0. The van der Waals surface area contributed by atoms with Crippen LogP contribution in [0.25, 0.3) is 0 Å². The normalized spacial score (nSPS) is 18.3. The number of rotatable bonds is 4. The van der Waals surface area contributed by atoms with Crippen LogP contribution >= 0.6 is 12.4 Å². The summed E-state index contributed by atoms with van der Waals surface area (Å²) in [5.74, 6) is 0. The van der Waals surface area contributed by atoms with Crippen LogP contribution in [0.3, 0.4) is 0 Å². The third-order valence-electron chi connectivity index (χ3n) is 3.90. The van der Waals surface area contributed by atoms with Crippen molar-refractivity contribution in [3.05, 3.63) is 33.4 Å². The molecule has 1 aliphatic heterocycles. The minimum Gasteiger partial charge on any atom is -0.315 e. The standard InChI is InChI=1S/C13H19N3O4S.ClH/c1-9-4-5-10(2)13(12(9)16(17)18)21(19,20)15(3)11-6-7-14-8-11;/h4-5,11,14H,6-8H2,1-3H3;1H. The fourth-order valence-electron chi connectivity index (χ4n) is 2.61. The lowest BCUT2D eigenvalue weighted by Crippen LogP contribution is -2.38. The highest BCUT2D eigenvalue weighted by atomic mass is 35.5. The van der Waals surface area contributed by atoms with E-state index >= 15 is 0 Å². The molecule has 0 radical (unpaired) electrons. The van der Waals surface area contributed by atoms with E-state index in [2.05, 4.69) is 5.32 Å². The van der Waals surface area contributed by atoms with E-state index in [0.29, 0.717) is 24.1 Å². The molecule has 7 nitrogen and oxygen atoms in total. The molecule has 0 amide bonds. The van der Waals surface area contributed by atoms with E-state index in [4.69, 9.17) is 0 Å². The molecule has 1 N–H and O–H groups in total. The minimum absolute atomic E-state index is 0. The van der Waals surface area contributed by atoms with Crippen molar-refractivity contribution in [1.82, 2.24) is 9.62 Å². The summed E-state index contributed by atoms with van der Waals surface area (Å²) in [5, 5.41) is 14.4. The third kappa shape index (κ3) is 3.24. The summed E-state index contributed by atoms with van der Waals surface area (Å²) in [6, 6.07) is 3.01. The van der Waals surface area contributed by atoms with Gasteiger partial charge in [0.05, 0.1) is 4.92 Å². The van der Waals surface area contributed by atoms with Crippen molar-refractivity contribution in [2.45, 2.75) is 31.2 Å². The third-order valence-corrected chi connectivity index (χ3v) is 5.99. The largest absolute Gasteiger partial charge is 0.315 e. The molecular formula is C13H20ClN3O4S. The first-order chi connectivity index (χ1) is 9.76. The topological polar surface area (TPSA) is 92.6 Å². The van der Waals surface area contributed by atoms with Gasteiger partial charge in [-0.05, 0) is 32.4 Å². The summed E-state index contributed by atoms with van der Waals surface area (Å²) in [6.45, 7) is 4.45. The number of likely N-dealkylation sites (N-methyl/N-ethyl adjacent to an activating group) is 1. The average Bonchev–Trinajstić information content (AvgIpc) is 2.93. The van der Waals surface area contributed by atoms with Crippen molar-refractivity contribution in [1.29, 1.82) is 0 Å². The maximum Gasteiger partial charge on any atom is 0.292 e. The summed E-state index contributed by atoms with van der Waals surface area (Å²) in [4.78, 5) is 10.5. The van der Waals surface area contributed by atoms with Gasteiger partial charge in [0, 0.05) is 25.2 Å². The van der Waals surface area contributed by atoms with Crippen molar-refractivity contribution in [2.75, 3.05) is 20.1 Å². The van der Waals surface area contributed by atoms with E-state index in [0.717, 1.165) is 6.54 Å². The summed E-state index contributed by atoms with van der Waals surface area (Å²) in [5.41, 5.74) is 0.417. The van der Waals surface area contributed by atoms with E-state index in [1.165, 1.54) is 11.4 Å². The quantitative estimate of drug-likeness (QED) is 0.658. The van der Waals surface area contributed by atoms with Crippen molar-refractivity contribution >= 4 is 28.1 Å². The molecule has 124 valence electrons. The Morgan fingerprint density at radius 3 is 2.41 bits per heavy atom. The molecule has 0 aromatic heterocycles. The van der Waals surface area contributed by atoms with Gasteiger partial charge < -0.3 is 5.32 Å². The highest BCUT2D eigenvalue weighted by Gasteiger charge is 2.36. The van der Waals surface area contributed by atoms with Crippen LogP contribution < -0.4 is 5.32 Å². The van der Waals surface area contributed by atoms with Crippen LogP contribution in [0.1, 0.15) is 17.5 Å². The van der Waals surface area contributed by atoms with E-state index in [1.807, 2.05) is 0 Å². The molecule has 1 heterocycles. The first-order valence-corrected chi connectivity index (χ1v) is 8.14. The van der Waals surface area contributed by atoms with Gasteiger partial charge in [-0.1, -0.05) is 12.1 Å². The summed E-state index contributed by atoms with van der Waals surface area (Å²) in [6.07, 6.45) is 0.703. The number of nitrogens with zero attached hydrogens (tertiary/aromatic N) is 2. The minimum atomic E-state index is -3.90. The zero-order valence-corrected chi connectivity index (χ0v) is 14.3. The van der Waals surface area contributed by atoms with Crippen LogP contribution in [-0.4, -0.2) is 43.8 Å². The van der Waals surface area contributed by atoms with Gasteiger partial charge in [-0.3, -0.25) is 10.1 Å². The molecule has 1 atom stereocenters. The van der Waals surface area contributed by atoms with Gasteiger partial charge in [-0.2, -0.15) is 4.31 Å². The zero-order chi connectivity index (χ0) is 15.8. The number of hydrogen-bond acceptors (Lipinski definition) is 5. The maximum atomic E-state index is 12.8. The molecule has 0 saturated carbocycles. The fraction of sp³-hybridized carbons (Fsp3) is 0.538. The lowest BCUT2D eigenvalue weighted by Gasteiger charge is -2.24. The van der Waals surface area contributed by atoms with Crippen LogP contribution in [0.2, 0.25) is 0 Å². The molecule has 0 spiro atoms. The Morgan fingerprint density at radius 2 is 1.91 bits per heavy atom. The Balaban J connectivity index is 0.00000242. The molecule has 1 fully saturated rings. The van der Waals surface area contributed by atoms with Crippen molar-refractivity contribution in [3.63, 3.8) is 0 Å². The number of nitro benzene ring substituents is 1. The molecule has 0 aliphatic carbocycles. The smallest absolute Gasteiger partial charge is 0.292 e. The summed E-state index contributed by atoms with van der Waals surface area (Å²) in [7, 11) is -2.41. The van der Waals surface area contributed by atoms with Gasteiger partial charge in [0.1, 0.15) is 0 Å². The molecular weight excluding hydrogens is 330 g/mol. The van der Waals surface area contributed by atoms with Crippen LogP contribution in [-0.2, 0) is 10.0 Å². The maximum absolute atomic E-state index is 12.8. The number of nitrogens with one attached hydrogen (secondary N) is 1. The van der Waals surface area contributed by atoms with E-state index in [9.17, 15) is 18.5 Å². The monoisotopic (exact) mass is 349 g/mol. The number of aryl methyl sites for hydroxylation is 2. The summed E-state index contributed by atoms with van der Waals surface area (Å²) < 4.78 is 26.9. The van der Waals surface area contributed by atoms with E-state index in [1.54, 1.807) is 26.0 Å². The Bertz CT molecular complexity index is 672. The highest BCUT2D eigenvalue weighted by Crippen LogP contribution is 2.33. The average molecular weight is 350 g/mol. The van der Waals surface area contributed by atoms with Gasteiger partial charge >= 0.3 is 0 Å². The Morgan fingerprint density at radius 1 is 1.32 bits per heavy atom. The number of halogens is 1. The molecule has 22 heavy (non-hydrogen) atoms. The second-order valence-corrected chi connectivity index (χ2v) is 7.24. The van der Waals surface area contributed by atoms with Gasteiger partial charge in [0.15, 0.2) is 4.90 Å². The molecule has 0 bridgehead atoms. The second-order valence-electron chi connectivity index (χ2n) is 5.30. The molecule has 1 aliphatic rings. The first kappa shape index (κ1) is 18.8. The first-order valence-electron chi connectivity index (χ1n) is 6.70. The van der Waals surface area contributed by atoms with Crippen molar-refractivity contribution < 1.29 is 13.3 Å². The van der Waals surface area contributed by atoms with Crippen LogP contribution in [0.15, 0.2) is 17.0 Å². The number of benzene rings is 1. The van der Waals surface area contributed by atoms with Gasteiger partial charge in [-0.15, -0.1) is 12.4 Å². The van der Waals surface area contributed by atoms with E-state index < -0.39 is 14.9 Å². The van der Waals surface area contributed by atoms with Crippen molar-refractivity contribution in [3.8, 4) is 0 Å². The fourth-order valence-corrected chi connectivity index (χ4v) is 4.43. The Kier molecular flexibility index (Phi) is 5.91. The highest BCUT2D eigenvalue weighted by molar-refractivity contribution is 7.89. The predicted molar refractivity (Wildman–Crippen MR) is 86.0 cm³/mol. The molecule has 1 unspecified atom stereocenters. The molecule has 9 heteroatoms. The number of sulfonamides is 1. The van der Waals surface area contributed by atoms with Crippen LogP contribution in [0.5, 0.6) is 0 Å². The lowest BCUT2D eigenvalue weighted by molar-refractivity contribution is -0.388. The van der Waals surface area contributed by atoms with Crippen LogP contribution in [0.4, 0.5) is 5.69 Å². The molecule has 2 rings (SSSR count). The van der Waals surface area contributed by atoms with Crippen LogP contribution in [0, 0.1) is 24.0 Å². The molecule has 1 saturated heterocycles. The lowest BCUT2D eigenvalue weighted by atomic mass is 10.1. The van der Waals surface area contributed by atoms with Gasteiger partial charge in [-0.25, -0.2) is 8.42 Å². The second kappa shape index (κ2) is 6.91. The molecule has 1 aromatic carbocycles.